The van der Waals surface area contributed by atoms with Crippen molar-refractivity contribution in [2.75, 3.05) is 6.61 Å². The van der Waals surface area contributed by atoms with Crippen LogP contribution in [0.5, 0.6) is 0 Å². The van der Waals surface area contributed by atoms with E-state index in [1.165, 1.54) is 5.56 Å². The monoisotopic (exact) mass is 188 g/mol. The molecule has 1 N–H and O–H groups in total. The summed E-state index contributed by atoms with van der Waals surface area (Å²) in [6, 6.07) is 10.2. The maximum atomic E-state index is 8.55. The highest BCUT2D eigenvalue weighted by Crippen LogP contribution is 2.01. The molecular weight excluding hydrogens is 172 g/mol. The molecule has 0 aliphatic rings. The van der Waals surface area contributed by atoms with Crippen molar-refractivity contribution in [3.8, 4) is 0 Å². The van der Waals surface area contributed by atoms with Crippen molar-refractivity contribution in [1.82, 2.24) is 0 Å². The fraction of sp³-hybridized carbons (Fsp3) is 0.231. The van der Waals surface area contributed by atoms with E-state index in [2.05, 4.69) is 24.3 Å². The molecule has 74 valence electrons. The van der Waals surface area contributed by atoms with Crippen molar-refractivity contribution >= 4 is 6.08 Å². The Bertz CT molecular complexity index is 285. The summed E-state index contributed by atoms with van der Waals surface area (Å²) in [5.74, 6) is 0. The van der Waals surface area contributed by atoms with Gasteiger partial charge in [-0.2, -0.15) is 0 Å². The van der Waals surface area contributed by atoms with Gasteiger partial charge in [-0.05, 0) is 18.4 Å². The summed E-state index contributed by atoms with van der Waals surface area (Å²) in [6.07, 6.45) is 9.95. The third kappa shape index (κ3) is 4.63. The van der Waals surface area contributed by atoms with Crippen LogP contribution in [0.1, 0.15) is 18.4 Å². The molecule has 1 aromatic rings. The van der Waals surface area contributed by atoms with E-state index in [9.17, 15) is 0 Å². The van der Waals surface area contributed by atoms with Gasteiger partial charge in [0.2, 0.25) is 0 Å². The zero-order valence-electron chi connectivity index (χ0n) is 8.26. The molecule has 0 saturated carbocycles. The van der Waals surface area contributed by atoms with Gasteiger partial charge < -0.3 is 5.11 Å². The second-order valence-corrected chi connectivity index (χ2v) is 3.06. The molecule has 14 heavy (non-hydrogen) atoms. The Balaban J connectivity index is 2.31. The number of benzene rings is 1. The van der Waals surface area contributed by atoms with E-state index in [-0.39, 0.29) is 6.61 Å². The van der Waals surface area contributed by atoms with Gasteiger partial charge in [-0.25, -0.2) is 0 Å². The van der Waals surface area contributed by atoms with E-state index in [0.717, 1.165) is 12.8 Å². The van der Waals surface area contributed by atoms with E-state index in [0.29, 0.717) is 0 Å². The molecule has 0 heterocycles. The average Bonchev–Trinajstić information content (AvgIpc) is 2.25. The standard InChI is InChI=1S/C13H16O/c14-12-8-3-1-2-5-9-13-10-6-4-7-11-13/h1-2,4-7,9-11,14H,3,8,12H2. The number of aliphatic hydroxyl groups is 1. The number of allylic oxidation sites excluding steroid dienone is 3. The van der Waals surface area contributed by atoms with Gasteiger partial charge in [0, 0.05) is 6.61 Å². The van der Waals surface area contributed by atoms with Gasteiger partial charge in [-0.15, -0.1) is 0 Å². The maximum absolute atomic E-state index is 8.55. The van der Waals surface area contributed by atoms with Gasteiger partial charge in [-0.3, -0.25) is 0 Å². The summed E-state index contributed by atoms with van der Waals surface area (Å²) in [5, 5.41) is 8.55. The van der Waals surface area contributed by atoms with Crippen molar-refractivity contribution in [2.24, 2.45) is 0 Å². The second-order valence-electron chi connectivity index (χ2n) is 3.06. The maximum Gasteiger partial charge on any atom is 0.0433 e. The smallest absolute Gasteiger partial charge is 0.0433 e. The number of hydrogen-bond donors (Lipinski definition) is 1. The van der Waals surface area contributed by atoms with Crippen LogP contribution in [0.4, 0.5) is 0 Å². The van der Waals surface area contributed by atoms with Gasteiger partial charge in [0.1, 0.15) is 0 Å². The molecule has 1 rings (SSSR count). The molecule has 1 aromatic carbocycles. The van der Waals surface area contributed by atoms with Gasteiger partial charge in [0.25, 0.3) is 0 Å². The molecule has 0 spiro atoms. The van der Waals surface area contributed by atoms with Crippen LogP contribution in [0, 0.1) is 0 Å². The lowest BCUT2D eigenvalue weighted by molar-refractivity contribution is 0.289. The summed E-state index contributed by atoms with van der Waals surface area (Å²) < 4.78 is 0. The van der Waals surface area contributed by atoms with Gasteiger partial charge >= 0.3 is 0 Å². The Kier molecular flexibility index (Phi) is 5.45. The fourth-order valence-electron chi connectivity index (χ4n) is 1.11. The third-order valence-electron chi connectivity index (χ3n) is 1.86. The number of rotatable bonds is 5. The lowest BCUT2D eigenvalue weighted by Gasteiger charge is -1.89. The molecule has 0 aliphatic heterocycles. The lowest BCUT2D eigenvalue weighted by Crippen LogP contribution is -1.77. The van der Waals surface area contributed by atoms with Crippen LogP contribution >= 0.6 is 0 Å². The zero-order valence-corrected chi connectivity index (χ0v) is 8.26. The molecule has 0 radical (unpaired) electrons. The van der Waals surface area contributed by atoms with Crippen molar-refractivity contribution in [3.63, 3.8) is 0 Å². The molecule has 0 fully saturated rings. The lowest BCUT2D eigenvalue weighted by atomic mass is 10.2. The minimum absolute atomic E-state index is 0.271. The normalized spacial score (nSPS) is 11.5. The zero-order chi connectivity index (χ0) is 10.1. The number of aliphatic hydroxyl groups excluding tert-OH is 1. The predicted octanol–water partition coefficient (Wildman–Crippen LogP) is 3.03. The third-order valence-corrected chi connectivity index (χ3v) is 1.86. The molecule has 0 amide bonds. The van der Waals surface area contributed by atoms with Crippen LogP contribution in [-0.2, 0) is 0 Å². The molecule has 0 aromatic heterocycles. The fourth-order valence-corrected chi connectivity index (χ4v) is 1.11. The van der Waals surface area contributed by atoms with Gasteiger partial charge in [0.15, 0.2) is 0 Å². The SMILES string of the molecule is OCCCC=CC=Cc1ccccc1. The van der Waals surface area contributed by atoms with Crippen LogP contribution in [0.15, 0.2) is 48.6 Å². The van der Waals surface area contributed by atoms with E-state index in [1.54, 1.807) is 0 Å². The molecule has 0 aliphatic carbocycles. The Morgan fingerprint density at radius 2 is 1.86 bits per heavy atom. The minimum atomic E-state index is 0.271. The Hall–Kier alpha value is -1.34. The quantitative estimate of drug-likeness (QED) is 0.556. The molecule has 0 saturated heterocycles. The first-order valence-electron chi connectivity index (χ1n) is 4.92. The Morgan fingerprint density at radius 1 is 1.07 bits per heavy atom. The van der Waals surface area contributed by atoms with E-state index in [1.807, 2.05) is 30.4 Å². The van der Waals surface area contributed by atoms with Gasteiger partial charge in [-0.1, -0.05) is 54.6 Å². The summed E-state index contributed by atoms with van der Waals surface area (Å²) in [4.78, 5) is 0. The summed E-state index contributed by atoms with van der Waals surface area (Å²) in [5.41, 5.74) is 1.21. The molecule has 1 nitrogen and oxygen atoms in total. The summed E-state index contributed by atoms with van der Waals surface area (Å²) >= 11 is 0. The van der Waals surface area contributed by atoms with Crippen molar-refractivity contribution < 1.29 is 5.11 Å². The summed E-state index contributed by atoms with van der Waals surface area (Å²) in [7, 11) is 0. The van der Waals surface area contributed by atoms with E-state index < -0.39 is 0 Å². The molecular formula is C13H16O. The van der Waals surface area contributed by atoms with Crippen LogP contribution in [0.3, 0.4) is 0 Å². The highest BCUT2D eigenvalue weighted by molar-refractivity contribution is 5.50. The Morgan fingerprint density at radius 3 is 2.57 bits per heavy atom. The number of unbranched alkanes of at least 4 members (excludes halogenated alkanes) is 1. The van der Waals surface area contributed by atoms with Crippen LogP contribution in [0.2, 0.25) is 0 Å². The van der Waals surface area contributed by atoms with Crippen molar-refractivity contribution in [1.29, 1.82) is 0 Å². The van der Waals surface area contributed by atoms with Crippen LogP contribution < -0.4 is 0 Å². The van der Waals surface area contributed by atoms with Crippen molar-refractivity contribution in [3.05, 3.63) is 54.1 Å². The number of hydrogen-bond acceptors (Lipinski definition) is 1. The first-order valence-corrected chi connectivity index (χ1v) is 4.92. The van der Waals surface area contributed by atoms with Crippen LogP contribution in [-0.4, -0.2) is 11.7 Å². The topological polar surface area (TPSA) is 20.2 Å². The second kappa shape index (κ2) is 7.10. The molecule has 0 bridgehead atoms. The first kappa shape index (κ1) is 10.7. The molecule has 1 heteroatoms. The van der Waals surface area contributed by atoms with E-state index in [4.69, 9.17) is 5.11 Å². The highest BCUT2D eigenvalue weighted by Gasteiger charge is 1.80. The van der Waals surface area contributed by atoms with Crippen molar-refractivity contribution in [2.45, 2.75) is 12.8 Å². The van der Waals surface area contributed by atoms with Crippen LogP contribution in [0.25, 0.3) is 6.08 Å². The van der Waals surface area contributed by atoms with E-state index >= 15 is 0 Å². The molecule has 0 atom stereocenters. The average molecular weight is 188 g/mol. The first-order chi connectivity index (χ1) is 6.93. The Labute approximate surface area is 85.4 Å². The highest BCUT2D eigenvalue weighted by atomic mass is 16.2. The largest absolute Gasteiger partial charge is 0.396 e. The predicted molar refractivity (Wildman–Crippen MR) is 60.9 cm³/mol. The molecule has 0 unspecified atom stereocenters. The minimum Gasteiger partial charge on any atom is -0.396 e. The van der Waals surface area contributed by atoms with Gasteiger partial charge in [0.05, 0.1) is 0 Å². The summed E-state index contributed by atoms with van der Waals surface area (Å²) in [6.45, 7) is 0.271.